The molecule has 1 unspecified atom stereocenters. The number of hydrogen-bond acceptors (Lipinski definition) is 3. The van der Waals surface area contributed by atoms with Crippen LogP contribution in [-0.4, -0.2) is 41.1 Å². The van der Waals surface area contributed by atoms with E-state index in [2.05, 4.69) is 10.5 Å². The molecular formula is C10H22N4O2. The van der Waals surface area contributed by atoms with Crippen LogP contribution in [0.15, 0.2) is 5.16 Å². The standard InChI is InChI=1S/C10H22N4O2/c1-5-14(6-2)10(15)12-8(7(3)4)9(11)13-16/h7-8,16H,5-6H2,1-4H3,(H2,11,13)(H,12,15). The average Bonchev–Trinajstić information content (AvgIpc) is 2.26. The summed E-state index contributed by atoms with van der Waals surface area (Å²) in [6.45, 7) is 8.84. The van der Waals surface area contributed by atoms with Crippen molar-refractivity contribution in [3.63, 3.8) is 0 Å². The number of amidine groups is 1. The van der Waals surface area contributed by atoms with Crippen molar-refractivity contribution in [1.29, 1.82) is 0 Å². The average molecular weight is 230 g/mol. The van der Waals surface area contributed by atoms with Gasteiger partial charge in [0.15, 0.2) is 5.84 Å². The molecule has 94 valence electrons. The second kappa shape index (κ2) is 6.92. The molecule has 0 aliphatic rings. The van der Waals surface area contributed by atoms with E-state index < -0.39 is 6.04 Å². The number of amides is 2. The van der Waals surface area contributed by atoms with E-state index >= 15 is 0 Å². The Balaban J connectivity index is 4.58. The van der Waals surface area contributed by atoms with Crippen LogP contribution in [0.5, 0.6) is 0 Å². The topological polar surface area (TPSA) is 91.0 Å². The van der Waals surface area contributed by atoms with Crippen molar-refractivity contribution in [3.05, 3.63) is 0 Å². The first-order valence-corrected chi connectivity index (χ1v) is 5.50. The largest absolute Gasteiger partial charge is 0.409 e. The zero-order valence-corrected chi connectivity index (χ0v) is 10.4. The first kappa shape index (κ1) is 14.5. The molecular weight excluding hydrogens is 208 g/mol. The van der Waals surface area contributed by atoms with Crippen molar-refractivity contribution >= 4 is 11.9 Å². The van der Waals surface area contributed by atoms with Gasteiger partial charge in [0.25, 0.3) is 0 Å². The number of nitrogens with one attached hydrogen (secondary N) is 1. The smallest absolute Gasteiger partial charge is 0.317 e. The zero-order chi connectivity index (χ0) is 12.7. The van der Waals surface area contributed by atoms with Crippen LogP contribution >= 0.6 is 0 Å². The maximum atomic E-state index is 11.8. The first-order valence-electron chi connectivity index (χ1n) is 5.50. The van der Waals surface area contributed by atoms with Crippen molar-refractivity contribution in [1.82, 2.24) is 10.2 Å². The number of oxime groups is 1. The Hall–Kier alpha value is -1.46. The number of urea groups is 1. The Morgan fingerprint density at radius 1 is 1.44 bits per heavy atom. The molecule has 0 aromatic heterocycles. The molecule has 6 heteroatoms. The normalized spacial score (nSPS) is 13.7. The van der Waals surface area contributed by atoms with E-state index in [9.17, 15) is 4.79 Å². The molecule has 1 atom stereocenters. The SMILES string of the molecule is CCN(CC)C(=O)NC(C(N)=NO)C(C)C. The second-order valence-corrected chi connectivity index (χ2v) is 3.87. The van der Waals surface area contributed by atoms with Crippen LogP contribution in [0.1, 0.15) is 27.7 Å². The fourth-order valence-corrected chi connectivity index (χ4v) is 1.38. The van der Waals surface area contributed by atoms with Gasteiger partial charge in [-0.15, -0.1) is 0 Å². The lowest BCUT2D eigenvalue weighted by atomic mass is 10.0. The lowest BCUT2D eigenvalue weighted by molar-refractivity contribution is 0.199. The van der Waals surface area contributed by atoms with Crippen LogP contribution in [0.4, 0.5) is 4.79 Å². The third-order valence-electron chi connectivity index (χ3n) is 2.43. The number of nitrogens with zero attached hydrogens (tertiary/aromatic N) is 2. The number of rotatable bonds is 5. The third kappa shape index (κ3) is 3.96. The molecule has 0 rings (SSSR count). The lowest BCUT2D eigenvalue weighted by Crippen LogP contribution is -2.52. The van der Waals surface area contributed by atoms with Crippen LogP contribution in [0.25, 0.3) is 0 Å². The number of carbonyl (C=O) groups excluding carboxylic acids is 1. The summed E-state index contributed by atoms with van der Waals surface area (Å²) in [6.07, 6.45) is 0. The van der Waals surface area contributed by atoms with Crippen molar-refractivity contribution in [2.24, 2.45) is 16.8 Å². The molecule has 0 saturated heterocycles. The van der Waals surface area contributed by atoms with E-state index in [4.69, 9.17) is 10.9 Å². The number of nitrogens with two attached hydrogens (primary N) is 1. The minimum Gasteiger partial charge on any atom is -0.409 e. The molecule has 0 fully saturated rings. The summed E-state index contributed by atoms with van der Waals surface area (Å²) in [7, 11) is 0. The molecule has 6 nitrogen and oxygen atoms in total. The lowest BCUT2D eigenvalue weighted by Gasteiger charge is -2.25. The van der Waals surface area contributed by atoms with Crippen LogP contribution < -0.4 is 11.1 Å². The molecule has 0 bridgehead atoms. The maximum Gasteiger partial charge on any atom is 0.317 e. The number of carbonyl (C=O) groups is 1. The predicted octanol–water partition coefficient (Wildman–Crippen LogP) is 0.809. The molecule has 0 spiro atoms. The predicted molar refractivity (Wildman–Crippen MR) is 63.5 cm³/mol. The highest BCUT2D eigenvalue weighted by atomic mass is 16.4. The van der Waals surface area contributed by atoms with Crippen molar-refractivity contribution in [3.8, 4) is 0 Å². The Morgan fingerprint density at radius 3 is 2.25 bits per heavy atom. The molecule has 0 aromatic carbocycles. The van der Waals surface area contributed by atoms with Gasteiger partial charge < -0.3 is 21.2 Å². The van der Waals surface area contributed by atoms with Gasteiger partial charge in [0.1, 0.15) is 0 Å². The van der Waals surface area contributed by atoms with Gasteiger partial charge in [0, 0.05) is 13.1 Å². The summed E-state index contributed by atoms with van der Waals surface area (Å²) >= 11 is 0. The molecule has 0 radical (unpaired) electrons. The molecule has 0 aromatic rings. The fraction of sp³-hybridized carbons (Fsp3) is 0.800. The fourth-order valence-electron chi connectivity index (χ4n) is 1.38. The van der Waals surface area contributed by atoms with Gasteiger partial charge >= 0.3 is 6.03 Å². The molecule has 0 heterocycles. The van der Waals surface area contributed by atoms with Gasteiger partial charge in [0.2, 0.25) is 0 Å². The summed E-state index contributed by atoms with van der Waals surface area (Å²) in [5, 5.41) is 14.3. The van der Waals surface area contributed by atoms with E-state index in [1.807, 2.05) is 27.7 Å². The summed E-state index contributed by atoms with van der Waals surface area (Å²) in [5.41, 5.74) is 5.52. The van der Waals surface area contributed by atoms with E-state index in [0.717, 1.165) is 0 Å². The van der Waals surface area contributed by atoms with Gasteiger partial charge in [0.05, 0.1) is 6.04 Å². The van der Waals surface area contributed by atoms with Crippen LogP contribution in [0.2, 0.25) is 0 Å². The van der Waals surface area contributed by atoms with E-state index in [1.54, 1.807) is 4.90 Å². The van der Waals surface area contributed by atoms with E-state index in [0.29, 0.717) is 13.1 Å². The highest BCUT2D eigenvalue weighted by Crippen LogP contribution is 2.03. The van der Waals surface area contributed by atoms with Gasteiger partial charge in [-0.1, -0.05) is 19.0 Å². The Labute approximate surface area is 96.5 Å². The summed E-state index contributed by atoms with van der Waals surface area (Å²) in [4.78, 5) is 13.4. The molecule has 0 aliphatic carbocycles. The van der Waals surface area contributed by atoms with Gasteiger partial charge in [-0.2, -0.15) is 0 Å². The monoisotopic (exact) mass is 230 g/mol. The third-order valence-corrected chi connectivity index (χ3v) is 2.43. The highest BCUT2D eigenvalue weighted by molar-refractivity contribution is 5.89. The minimum atomic E-state index is -0.446. The zero-order valence-electron chi connectivity index (χ0n) is 10.4. The van der Waals surface area contributed by atoms with E-state index in [1.165, 1.54) is 0 Å². The molecule has 2 amide bonds. The van der Waals surface area contributed by atoms with Crippen LogP contribution in [0.3, 0.4) is 0 Å². The highest BCUT2D eigenvalue weighted by Gasteiger charge is 2.22. The molecule has 0 aliphatic heterocycles. The van der Waals surface area contributed by atoms with Gasteiger partial charge in [-0.25, -0.2) is 4.79 Å². The van der Waals surface area contributed by atoms with Crippen LogP contribution in [-0.2, 0) is 0 Å². The van der Waals surface area contributed by atoms with Gasteiger partial charge in [-0.05, 0) is 19.8 Å². The van der Waals surface area contributed by atoms with Gasteiger partial charge in [-0.3, -0.25) is 0 Å². The Kier molecular flexibility index (Phi) is 6.29. The summed E-state index contributed by atoms with van der Waals surface area (Å²) in [5.74, 6) is 0.0888. The Bertz CT molecular complexity index is 249. The second-order valence-electron chi connectivity index (χ2n) is 3.87. The first-order chi connectivity index (χ1) is 7.47. The molecule has 4 N–H and O–H groups in total. The van der Waals surface area contributed by atoms with E-state index in [-0.39, 0.29) is 17.8 Å². The maximum absolute atomic E-state index is 11.8. The molecule has 16 heavy (non-hydrogen) atoms. The minimum absolute atomic E-state index is 0.0236. The summed E-state index contributed by atoms with van der Waals surface area (Å²) in [6, 6.07) is -0.645. The number of hydrogen-bond donors (Lipinski definition) is 3. The van der Waals surface area contributed by atoms with Crippen LogP contribution in [0, 0.1) is 5.92 Å². The quantitative estimate of drug-likeness (QED) is 0.282. The van der Waals surface area contributed by atoms with Crippen molar-refractivity contribution < 1.29 is 10.0 Å². The summed E-state index contributed by atoms with van der Waals surface area (Å²) < 4.78 is 0. The van der Waals surface area contributed by atoms with Crippen molar-refractivity contribution in [2.75, 3.05) is 13.1 Å². The Morgan fingerprint density at radius 2 is 1.94 bits per heavy atom. The molecule has 0 saturated carbocycles. The van der Waals surface area contributed by atoms with Crippen molar-refractivity contribution in [2.45, 2.75) is 33.7 Å².